The molecule has 0 saturated carbocycles. The van der Waals surface area contributed by atoms with E-state index < -0.39 is 0 Å². The molecule has 2 atom stereocenters. The van der Waals surface area contributed by atoms with E-state index in [0.29, 0.717) is 21.6 Å². The molecule has 116 valence electrons. The van der Waals surface area contributed by atoms with E-state index in [1.54, 1.807) is 5.01 Å². The fourth-order valence-electron chi connectivity index (χ4n) is 2.49. The summed E-state index contributed by atoms with van der Waals surface area (Å²) in [5.74, 6) is 0. The maximum absolute atomic E-state index is 12.1. The molecule has 1 fully saturated rings. The van der Waals surface area contributed by atoms with Gasteiger partial charge in [-0.25, -0.2) is 0 Å². The first kappa shape index (κ1) is 16.3. The van der Waals surface area contributed by atoms with Crippen molar-refractivity contribution in [3.05, 3.63) is 30.3 Å². The number of amides is 1. The van der Waals surface area contributed by atoms with E-state index >= 15 is 0 Å². The number of carbonyl (C=O) groups excluding carboxylic acids is 1. The molecule has 1 N–H and O–H groups in total. The number of rotatable bonds is 5. The molecule has 21 heavy (non-hydrogen) atoms. The zero-order chi connectivity index (χ0) is 15.3. The molecule has 0 aromatic heterocycles. The number of nitrogens with zero attached hydrogens (tertiary/aromatic N) is 1. The Bertz CT molecular complexity index is 469. The van der Waals surface area contributed by atoms with E-state index in [-0.39, 0.29) is 17.7 Å². The number of hydrazine groups is 1. The molecule has 1 aromatic rings. The van der Waals surface area contributed by atoms with Crippen LogP contribution in [0.3, 0.4) is 0 Å². The van der Waals surface area contributed by atoms with Gasteiger partial charge in [0.1, 0.15) is 0 Å². The Morgan fingerprint density at radius 3 is 2.76 bits per heavy atom. The molecule has 1 saturated heterocycles. The van der Waals surface area contributed by atoms with Crippen LogP contribution in [0.25, 0.3) is 0 Å². The number of nitrogens with one attached hydrogen (secondary N) is 1. The molecular weight excluding hydrogens is 331 g/mol. The molecule has 1 aliphatic heterocycles. The third-order valence-corrected chi connectivity index (χ3v) is 6.30. The van der Waals surface area contributed by atoms with Gasteiger partial charge in [-0.2, -0.15) is 0 Å². The summed E-state index contributed by atoms with van der Waals surface area (Å²) in [6.45, 7) is 6.59. The average molecular weight is 355 g/mol. The maximum atomic E-state index is 12.1. The van der Waals surface area contributed by atoms with Crippen LogP contribution in [-0.4, -0.2) is 44.2 Å². The van der Waals surface area contributed by atoms with Crippen LogP contribution in [0, 0.1) is 0 Å². The Balaban J connectivity index is 2.02. The number of benzene rings is 1. The standard InChI is InChI=1S/C16H24N2O2Se/c1-4-16(3)11-13(18(17-16)15(19)20-5-2)12-21-14-9-7-6-8-10-14/h6-10,13,17H,4-5,11-12H2,1-3H3. The number of hydrogen-bond donors (Lipinski definition) is 1. The zero-order valence-corrected chi connectivity index (χ0v) is 14.7. The SMILES string of the molecule is CCOC(=O)N1NC(C)(CC)CC1C[Se]c1ccccc1. The van der Waals surface area contributed by atoms with E-state index in [1.165, 1.54) is 4.46 Å². The van der Waals surface area contributed by atoms with Crippen molar-refractivity contribution in [3.8, 4) is 0 Å². The second kappa shape index (κ2) is 7.30. The van der Waals surface area contributed by atoms with Crippen molar-refractivity contribution >= 4 is 25.5 Å². The summed E-state index contributed by atoms with van der Waals surface area (Å²) in [5, 5.41) is 2.73. The zero-order valence-electron chi connectivity index (χ0n) is 13.0. The van der Waals surface area contributed by atoms with E-state index in [2.05, 4.69) is 43.5 Å². The number of hydrogen-bond acceptors (Lipinski definition) is 3. The predicted octanol–water partition coefficient (Wildman–Crippen LogP) is 2.34. The molecule has 2 rings (SSSR count). The molecule has 0 radical (unpaired) electrons. The van der Waals surface area contributed by atoms with Gasteiger partial charge in [0.25, 0.3) is 0 Å². The van der Waals surface area contributed by atoms with Gasteiger partial charge >= 0.3 is 133 Å². The van der Waals surface area contributed by atoms with Crippen LogP contribution in [0.2, 0.25) is 5.32 Å². The Kier molecular flexibility index (Phi) is 5.68. The van der Waals surface area contributed by atoms with Crippen LogP contribution >= 0.6 is 0 Å². The van der Waals surface area contributed by atoms with Crippen LogP contribution in [0.4, 0.5) is 4.79 Å². The van der Waals surface area contributed by atoms with Crippen molar-refractivity contribution in [1.82, 2.24) is 10.4 Å². The van der Waals surface area contributed by atoms with Gasteiger partial charge in [-0.1, -0.05) is 0 Å². The minimum atomic E-state index is -0.247. The van der Waals surface area contributed by atoms with Gasteiger partial charge in [0, 0.05) is 0 Å². The third kappa shape index (κ3) is 4.22. The second-order valence-electron chi connectivity index (χ2n) is 5.58. The van der Waals surface area contributed by atoms with Crippen LogP contribution in [-0.2, 0) is 4.74 Å². The van der Waals surface area contributed by atoms with Crippen LogP contribution in [0.15, 0.2) is 30.3 Å². The third-order valence-electron chi connectivity index (χ3n) is 3.87. The van der Waals surface area contributed by atoms with E-state index in [0.717, 1.165) is 18.2 Å². The van der Waals surface area contributed by atoms with Gasteiger partial charge < -0.3 is 0 Å². The summed E-state index contributed by atoms with van der Waals surface area (Å²) in [6, 6.07) is 10.7. The van der Waals surface area contributed by atoms with Crippen molar-refractivity contribution in [2.75, 3.05) is 6.61 Å². The first-order valence-corrected chi connectivity index (χ1v) is 9.56. The first-order valence-electron chi connectivity index (χ1n) is 7.49. The summed E-state index contributed by atoms with van der Waals surface area (Å²) >= 11 is 0.372. The van der Waals surface area contributed by atoms with Crippen LogP contribution in [0.1, 0.15) is 33.6 Å². The van der Waals surface area contributed by atoms with Gasteiger partial charge in [0.05, 0.1) is 0 Å². The van der Waals surface area contributed by atoms with Crippen molar-refractivity contribution in [3.63, 3.8) is 0 Å². The molecule has 5 heteroatoms. The summed E-state index contributed by atoms with van der Waals surface area (Å²) in [7, 11) is 0. The second-order valence-corrected chi connectivity index (χ2v) is 7.87. The first-order chi connectivity index (χ1) is 10.1. The van der Waals surface area contributed by atoms with Gasteiger partial charge in [-0.15, -0.1) is 0 Å². The minimum absolute atomic E-state index is 0.00973. The molecule has 1 amide bonds. The Hall–Kier alpha value is -1.03. The van der Waals surface area contributed by atoms with E-state index in [4.69, 9.17) is 4.74 Å². The van der Waals surface area contributed by atoms with E-state index in [9.17, 15) is 4.79 Å². The van der Waals surface area contributed by atoms with Crippen molar-refractivity contribution in [2.24, 2.45) is 0 Å². The Labute approximate surface area is 133 Å². The van der Waals surface area contributed by atoms with Crippen LogP contribution in [0.5, 0.6) is 0 Å². The van der Waals surface area contributed by atoms with Crippen molar-refractivity contribution in [1.29, 1.82) is 0 Å². The Morgan fingerprint density at radius 2 is 2.14 bits per heavy atom. The topological polar surface area (TPSA) is 41.6 Å². The number of ether oxygens (including phenoxy) is 1. The van der Waals surface area contributed by atoms with Gasteiger partial charge in [0.2, 0.25) is 0 Å². The van der Waals surface area contributed by atoms with Crippen LogP contribution < -0.4 is 9.89 Å². The Morgan fingerprint density at radius 1 is 1.43 bits per heavy atom. The molecule has 4 nitrogen and oxygen atoms in total. The molecule has 2 unspecified atom stereocenters. The summed E-state index contributed by atoms with van der Waals surface area (Å²) in [5.41, 5.74) is 3.35. The number of carbonyl (C=O) groups is 1. The molecule has 1 aromatic carbocycles. The summed E-state index contributed by atoms with van der Waals surface area (Å²) in [6.07, 6.45) is 1.73. The fourth-order valence-corrected chi connectivity index (χ4v) is 4.59. The monoisotopic (exact) mass is 356 g/mol. The molecular formula is C16H24N2O2Se. The normalized spacial score (nSPS) is 25.1. The molecule has 0 spiro atoms. The van der Waals surface area contributed by atoms with Gasteiger partial charge in [0.15, 0.2) is 0 Å². The van der Waals surface area contributed by atoms with Crippen molar-refractivity contribution in [2.45, 2.75) is 50.5 Å². The average Bonchev–Trinajstić information content (AvgIpc) is 2.85. The summed E-state index contributed by atoms with van der Waals surface area (Å²) < 4.78 is 6.55. The van der Waals surface area contributed by atoms with Gasteiger partial charge in [-0.05, 0) is 0 Å². The van der Waals surface area contributed by atoms with Gasteiger partial charge in [-0.3, -0.25) is 0 Å². The molecule has 1 heterocycles. The van der Waals surface area contributed by atoms with Crippen molar-refractivity contribution < 1.29 is 9.53 Å². The quantitative estimate of drug-likeness (QED) is 0.825. The predicted molar refractivity (Wildman–Crippen MR) is 85.7 cm³/mol. The summed E-state index contributed by atoms with van der Waals surface area (Å²) in [4.78, 5) is 12.1. The fraction of sp³-hybridized carbons (Fsp3) is 0.562. The van der Waals surface area contributed by atoms with E-state index in [1.807, 2.05) is 13.0 Å². The molecule has 0 aliphatic carbocycles. The molecule has 0 bridgehead atoms. The molecule has 1 aliphatic rings.